The lowest BCUT2D eigenvalue weighted by atomic mass is 10.2. The molecule has 1 aromatic carbocycles. The molecule has 0 unspecified atom stereocenters. The molecule has 0 fully saturated rings. The van der Waals surface area contributed by atoms with E-state index in [1.54, 1.807) is 0 Å². The largest absolute Gasteiger partial charge is 0.262 e. The summed E-state index contributed by atoms with van der Waals surface area (Å²) in [4.78, 5) is 0. The SMILES string of the molecule is CC(C)n1ncc2ccc(Br)cc21. The van der Waals surface area contributed by atoms with Crippen molar-refractivity contribution in [2.24, 2.45) is 0 Å². The van der Waals surface area contributed by atoms with Crippen LogP contribution in [0.15, 0.2) is 28.9 Å². The lowest BCUT2D eigenvalue weighted by Crippen LogP contribution is -2.01. The Hall–Kier alpha value is -0.830. The molecule has 68 valence electrons. The Morgan fingerprint density at radius 2 is 2.15 bits per heavy atom. The molecule has 0 spiro atoms. The van der Waals surface area contributed by atoms with E-state index in [2.05, 4.69) is 47.0 Å². The van der Waals surface area contributed by atoms with Gasteiger partial charge in [-0.25, -0.2) is 0 Å². The smallest absolute Gasteiger partial charge is 0.0696 e. The molecule has 0 aliphatic carbocycles. The number of hydrogen-bond donors (Lipinski definition) is 0. The highest BCUT2D eigenvalue weighted by Crippen LogP contribution is 2.21. The van der Waals surface area contributed by atoms with Crippen molar-refractivity contribution in [3.05, 3.63) is 28.9 Å². The lowest BCUT2D eigenvalue weighted by molar-refractivity contribution is 0.551. The van der Waals surface area contributed by atoms with Crippen molar-refractivity contribution in [3.8, 4) is 0 Å². The minimum Gasteiger partial charge on any atom is -0.262 e. The predicted molar refractivity (Wildman–Crippen MR) is 57.8 cm³/mol. The van der Waals surface area contributed by atoms with Gasteiger partial charge in [0.05, 0.1) is 11.7 Å². The van der Waals surface area contributed by atoms with E-state index in [-0.39, 0.29) is 0 Å². The number of hydrogen-bond acceptors (Lipinski definition) is 1. The number of aromatic nitrogens is 2. The van der Waals surface area contributed by atoms with Crippen LogP contribution in [0.4, 0.5) is 0 Å². The summed E-state index contributed by atoms with van der Waals surface area (Å²) in [6.07, 6.45) is 1.90. The van der Waals surface area contributed by atoms with Crippen molar-refractivity contribution in [1.82, 2.24) is 9.78 Å². The molecule has 0 saturated heterocycles. The maximum Gasteiger partial charge on any atom is 0.0696 e. The van der Waals surface area contributed by atoms with Gasteiger partial charge in [0.25, 0.3) is 0 Å². The van der Waals surface area contributed by atoms with Crippen LogP contribution in [0.1, 0.15) is 19.9 Å². The summed E-state index contributed by atoms with van der Waals surface area (Å²) in [7, 11) is 0. The molecule has 2 aromatic rings. The summed E-state index contributed by atoms with van der Waals surface area (Å²) in [5.74, 6) is 0. The first-order valence-corrected chi connectivity index (χ1v) is 5.10. The number of halogens is 1. The average molecular weight is 239 g/mol. The van der Waals surface area contributed by atoms with Crippen molar-refractivity contribution < 1.29 is 0 Å². The minimum absolute atomic E-state index is 0.409. The number of benzene rings is 1. The molecule has 2 nitrogen and oxygen atoms in total. The predicted octanol–water partition coefficient (Wildman–Crippen LogP) is 3.38. The summed E-state index contributed by atoms with van der Waals surface area (Å²) >= 11 is 3.46. The molecule has 0 aliphatic rings. The van der Waals surface area contributed by atoms with Crippen LogP contribution in [0.5, 0.6) is 0 Å². The second kappa shape index (κ2) is 3.14. The van der Waals surface area contributed by atoms with Gasteiger partial charge < -0.3 is 0 Å². The zero-order chi connectivity index (χ0) is 9.42. The molecular weight excluding hydrogens is 228 g/mol. The summed E-state index contributed by atoms with van der Waals surface area (Å²) in [6.45, 7) is 4.26. The molecule has 0 aliphatic heterocycles. The van der Waals surface area contributed by atoms with Crippen LogP contribution in [0.3, 0.4) is 0 Å². The molecule has 1 heterocycles. The Morgan fingerprint density at radius 3 is 2.85 bits per heavy atom. The molecule has 0 atom stereocenters. The van der Waals surface area contributed by atoms with E-state index < -0.39 is 0 Å². The highest BCUT2D eigenvalue weighted by Gasteiger charge is 2.04. The molecule has 3 heteroatoms. The van der Waals surface area contributed by atoms with Gasteiger partial charge in [-0.05, 0) is 26.0 Å². The van der Waals surface area contributed by atoms with Gasteiger partial charge >= 0.3 is 0 Å². The Morgan fingerprint density at radius 1 is 1.38 bits per heavy atom. The van der Waals surface area contributed by atoms with Gasteiger partial charge in [0.15, 0.2) is 0 Å². The maximum atomic E-state index is 4.33. The Kier molecular flexibility index (Phi) is 2.12. The van der Waals surface area contributed by atoms with Gasteiger partial charge in [-0.1, -0.05) is 22.0 Å². The minimum atomic E-state index is 0.409. The number of rotatable bonds is 1. The van der Waals surface area contributed by atoms with E-state index >= 15 is 0 Å². The number of fused-ring (bicyclic) bond motifs is 1. The summed E-state index contributed by atoms with van der Waals surface area (Å²) in [5, 5.41) is 5.52. The normalized spacial score (nSPS) is 11.4. The van der Waals surface area contributed by atoms with Crippen LogP contribution in [-0.2, 0) is 0 Å². The average Bonchev–Trinajstić information content (AvgIpc) is 2.46. The topological polar surface area (TPSA) is 17.8 Å². The van der Waals surface area contributed by atoms with Crippen molar-refractivity contribution in [2.75, 3.05) is 0 Å². The molecule has 2 rings (SSSR count). The molecule has 0 bridgehead atoms. The van der Waals surface area contributed by atoms with E-state index in [0.717, 1.165) is 4.47 Å². The lowest BCUT2D eigenvalue weighted by Gasteiger charge is -2.06. The first-order chi connectivity index (χ1) is 6.18. The van der Waals surface area contributed by atoms with Crippen LogP contribution in [-0.4, -0.2) is 9.78 Å². The van der Waals surface area contributed by atoms with Crippen molar-refractivity contribution >= 4 is 26.8 Å². The zero-order valence-electron chi connectivity index (χ0n) is 7.66. The van der Waals surface area contributed by atoms with E-state index in [9.17, 15) is 0 Å². The van der Waals surface area contributed by atoms with Gasteiger partial charge in [0.2, 0.25) is 0 Å². The molecular formula is C10H11BrN2. The second-order valence-corrected chi connectivity index (χ2v) is 4.30. The van der Waals surface area contributed by atoms with Crippen LogP contribution in [0.2, 0.25) is 0 Å². The van der Waals surface area contributed by atoms with E-state index in [0.29, 0.717) is 6.04 Å². The van der Waals surface area contributed by atoms with Crippen LogP contribution in [0, 0.1) is 0 Å². The quantitative estimate of drug-likeness (QED) is 0.745. The maximum absolute atomic E-state index is 4.33. The van der Waals surface area contributed by atoms with Crippen LogP contribution < -0.4 is 0 Å². The van der Waals surface area contributed by atoms with E-state index in [1.807, 2.05) is 16.9 Å². The van der Waals surface area contributed by atoms with E-state index in [1.165, 1.54) is 10.9 Å². The van der Waals surface area contributed by atoms with Crippen LogP contribution >= 0.6 is 15.9 Å². The zero-order valence-corrected chi connectivity index (χ0v) is 9.25. The van der Waals surface area contributed by atoms with Gasteiger partial charge in [0.1, 0.15) is 0 Å². The molecule has 1 aromatic heterocycles. The standard InChI is InChI=1S/C10H11BrN2/c1-7(2)13-10-5-9(11)4-3-8(10)6-12-13/h3-7H,1-2H3. The molecule has 0 amide bonds. The molecule has 0 N–H and O–H groups in total. The first kappa shape index (κ1) is 8.75. The molecule has 0 saturated carbocycles. The fraction of sp³-hybridized carbons (Fsp3) is 0.300. The summed E-state index contributed by atoms with van der Waals surface area (Å²) in [6, 6.07) is 6.62. The second-order valence-electron chi connectivity index (χ2n) is 3.39. The third-order valence-corrected chi connectivity index (χ3v) is 2.54. The third-order valence-electron chi connectivity index (χ3n) is 2.05. The third kappa shape index (κ3) is 1.48. The molecule has 0 radical (unpaired) electrons. The first-order valence-electron chi connectivity index (χ1n) is 4.31. The van der Waals surface area contributed by atoms with Gasteiger partial charge in [0, 0.05) is 15.9 Å². The van der Waals surface area contributed by atoms with Gasteiger partial charge in [-0.3, -0.25) is 4.68 Å². The monoisotopic (exact) mass is 238 g/mol. The highest BCUT2D eigenvalue weighted by molar-refractivity contribution is 9.10. The highest BCUT2D eigenvalue weighted by atomic mass is 79.9. The fourth-order valence-electron chi connectivity index (χ4n) is 1.42. The summed E-state index contributed by atoms with van der Waals surface area (Å²) in [5.41, 5.74) is 1.18. The van der Waals surface area contributed by atoms with Gasteiger partial charge in [-0.2, -0.15) is 5.10 Å². The Bertz CT molecular complexity index is 431. The van der Waals surface area contributed by atoms with Crippen molar-refractivity contribution in [2.45, 2.75) is 19.9 Å². The van der Waals surface area contributed by atoms with Crippen molar-refractivity contribution in [3.63, 3.8) is 0 Å². The van der Waals surface area contributed by atoms with Crippen molar-refractivity contribution in [1.29, 1.82) is 0 Å². The number of nitrogens with zero attached hydrogens (tertiary/aromatic N) is 2. The van der Waals surface area contributed by atoms with Crippen LogP contribution in [0.25, 0.3) is 10.9 Å². The summed E-state index contributed by atoms with van der Waals surface area (Å²) < 4.78 is 3.13. The Labute approximate surface area is 85.7 Å². The fourth-order valence-corrected chi connectivity index (χ4v) is 1.77. The van der Waals surface area contributed by atoms with E-state index in [4.69, 9.17) is 0 Å². The Balaban J connectivity index is 2.71. The molecule has 13 heavy (non-hydrogen) atoms. The van der Waals surface area contributed by atoms with Gasteiger partial charge in [-0.15, -0.1) is 0 Å².